The smallest absolute Gasteiger partial charge is 0.290 e. The molecule has 134 valence electrons. The fourth-order valence-corrected chi connectivity index (χ4v) is 4.48. The van der Waals surface area contributed by atoms with Crippen molar-refractivity contribution >= 4 is 50.9 Å². The quantitative estimate of drug-likeness (QED) is 0.702. The Hall–Kier alpha value is -2.45. The molecule has 1 aromatic carbocycles. The average molecular weight is 390 g/mol. The number of rotatable bonds is 2. The van der Waals surface area contributed by atoms with E-state index in [0.29, 0.717) is 34.2 Å². The molecule has 1 aliphatic rings. The molecule has 0 bridgehead atoms. The second kappa shape index (κ2) is 6.37. The number of nitrogens with zero attached hydrogens (tertiary/aromatic N) is 3. The molecule has 2 amide bonds. The van der Waals surface area contributed by atoms with Crippen LogP contribution in [-0.4, -0.2) is 38.2 Å². The number of anilines is 1. The monoisotopic (exact) mass is 389 g/mol. The summed E-state index contributed by atoms with van der Waals surface area (Å²) in [5, 5.41) is 3.82. The Morgan fingerprint density at radius 3 is 2.92 bits per heavy atom. The predicted molar refractivity (Wildman–Crippen MR) is 101 cm³/mol. The lowest BCUT2D eigenvalue weighted by molar-refractivity contribution is -0.114. The Bertz CT molecular complexity index is 1030. The van der Waals surface area contributed by atoms with Gasteiger partial charge in [-0.15, -0.1) is 0 Å². The van der Waals surface area contributed by atoms with E-state index >= 15 is 0 Å². The van der Waals surface area contributed by atoms with Crippen molar-refractivity contribution in [1.29, 1.82) is 0 Å². The second-order valence-corrected chi connectivity index (χ2v) is 7.59. The minimum absolute atomic E-state index is 0.144. The van der Waals surface area contributed by atoms with E-state index in [1.54, 1.807) is 17.0 Å². The van der Waals surface area contributed by atoms with Gasteiger partial charge in [0.25, 0.3) is 5.91 Å². The summed E-state index contributed by atoms with van der Waals surface area (Å²) in [6.07, 6.45) is 0.641. The number of H-pyrrole nitrogens is 1. The first kappa shape index (κ1) is 17.0. The van der Waals surface area contributed by atoms with Crippen LogP contribution in [0, 0.1) is 0 Å². The lowest BCUT2D eigenvalue weighted by Crippen LogP contribution is -2.38. The number of carbonyl (C=O) groups is 2. The third kappa shape index (κ3) is 2.85. The molecule has 2 aromatic heterocycles. The number of nitrogens with one attached hydrogen (secondary N) is 2. The van der Waals surface area contributed by atoms with Crippen LogP contribution in [0.1, 0.15) is 41.1 Å². The third-order valence-corrected chi connectivity index (χ3v) is 5.88. The molecule has 26 heavy (non-hydrogen) atoms. The summed E-state index contributed by atoms with van der Waals surface area (Å²) in [5.74, 6) is -0.0595. The summed E-state index contributed by atoms with van der Waals surface area (Å²) in [4.78, 5) is 38.9. The van der Waals surface area contributed by atoms with Crippen LogP contribution in [0.25, 0.3) is 11.0 Å². The summed E-state index contributed by atoms with van der Waals surface area (Å²) in [5.41, 5.74) is 2.26. The van der Waals surface area contributed by atoms with Crippen molar-refractivity contribution < 1.29 is 9.59 Å². The number of amides is 2. The fourth-order valence-electron chi connectivity index (χ4n) is 3.15. The van der Waals surface area contributed by atoms with Crippen LogP contribution in [-0.2, 0) is 11.2 Å². The third-order valence-electron chi connectivity index (χ3n) is 4.38. The molecule has 2 N–H and O–H groups in total. The number of hydrogen-bond acceptors (Lipinski definition) is 5. The first-order valence-corrected chi connectivity index (χ1v) is 9.36. The molecule has 3 heterocycles. The molecule has 0 saturated carbocycles. The van der Waals surface area contributed by atoms with Crippen LogP contribution in [0.3, 0.4) is 0 Å². The number of imidazole rings is 1. The minimum atomic E-state index is -0.176. The highest BCUT2D eigenvalue weighted by molar-refractivity contribution is 7.16. The van der Waals surface area contributed by atoms with Crippen LogP contribution in [0.15, 0.2) is 18.2 Å². The number of halogens is 1. The fraction of sp³-hybridized carbons (Fsp3) is 0.294. The van der Waals surface area contributed by atoms with Gasteiger partial charge in [0.15, 0.2) is 11.0 Å². The van der Waals surface area contributed by atoms with E-state index in [9.17, 15) is 9.59 Å². The molecule has 1 aliphatic heterocycles. The summed E-state index contributed by atoms with van der Waals surface area (Å²) >= 11 is 7.57. The normalized spacial score (nSPS) is 16.6. The standard InChI is InChI=1S/C17H16ClN5O2S/c1-8-14-12(21-17(26-14)19-9(2)24)6-7-23(8)16(25)15-20-11-5-3-4-10(18)13(11)22-15/h3-5,8H,6-7H2,1-2H3,(H,20,22)(H,19,21,24)/t8-/m1/s1. The first-order valence-electron chi connectivity index (χ1n) is 8.16. The first-order chi connectivity index (χ1) is 12.4. The van der Waals surface area contributed by atoms with Gasteiger partial charge in [0, 0.05) is 19.9 Å². The highest BCUT2D eigenvalue weighted by Gasteiger charge is 2.32. The van der Waals surface area contributed by atoms with Crippen molar-refractivity contribution in [3.05, 3.63) is 39.6 Å². The minimum Gasteiger partial charge on any atom is -0.333 e. The van der Waals surface area contributed by atoms with Crippen molar-refractivity contribution in [2.24, 2.45) is 0 Å². The lowest BCUT2D eigenvalue weighted by atomic mass is 10.1. The molecular weight excluding hydrogens is 374 g/mol. The van der Waals surface area contributed by atoms with Crippen molar-refractivity contribution in [1.82, 2.24) is 19.9 Å². The number of thiazole rings is 1. The molecule has 9 heteroatoms. The maximum absolute atomic E-state index is 13.0. The van der Waals surface area contributed by atoms with Gasteiger partial charge in [-0.25, -0.2) is 9.97 Å². The topological polar surface area (TPSA) is 91.0 Å². The second-order valence-electron chi connectivity index (χ2n) is 6.16. The molecule has 4 rings (SSSR count). The number of carbonyl (C=O) groups excluding carboxylic acids is 2. The molecule has 7 nitrogen and oxygen atoms in total. The van der Waals surface area contributed by atoms with Gasteiger partial charge in [0.1, 0.15) is 0 Å². The van der Waals surface area contributed by atoms with Crippen LogP contribution < -0.4 is 5.32 Å². The van der Waals surface area contributed by atoms with Crippen molar-refractivity contribution in [3.63, 3.8) is 0 Å². The molecule has 0 saturated heterocycles. The highest BCUT2D eigenvalue weighted by atomic mass is 35.5. The predicted octanol–water partition coefficient (Wildman–Crippen LogP) is 3.39. The number of aromatic nitrogens is 3. The van der Waals surface area contributed by atoms with Crippen molar-refractivity contribution in [2.45, 2.75) is 26.3 Å². The van der Waals surface area contributed by atoms with E-state index in [-0.39, 0.29) is 23.7 Å². The molecule has 3 aromatic rings. The Labute approximate surface area is 158 Å². The van der Waals surface area contributed by atoms with E-state index in [0.717, 1.165) is 10.6 Å². The average Bonchev–Trinajstić information content (AvgIpc) is 3.19. The Kier molecular flexibility index (Phi) is 4.16. The summed E-state index contributed by atoms with van der Waals surface area (Å²) in [6, 6.07) is 5.23. The maximum Gasteiger partial charge on any atom is 0.290 e. The van der Waals surface area contributed by atoms with E-state index in [4.69, 9.17) is 11.6 Å². The SMILES string of the molecule is CC(=O)Nc1nc2c(s1)[C@@H](C)N(C(=O)c1nc3cccc(Cl)c3[nH]1)CC2. The zero-order valence-electron chi connectivity index (χ0n) is 14.2. The molecule has 0 unspecified atom stereocenters. The number of para-hydroxylation sites is 1. The summed E-state index contributed by atoms with van der Waals surface area (Å²) in [7, 11) is 0. The van der Waals surface area contributed by atoms with E-state index in [1.807, 2.05) is 13.0 Å². The van der Waals surface area contributed by atoms with Crippen LogP contribution in [0.2, 0.25) is 5.02 Å². The van der Waals surface area contributed by atoms with Gasteiger partial charge in [-0.1, -0.05) is 29.0 Å². The molecule has 0 radical (unpaired) electrons. The van der Waals surface area contributed by atoms with Gasteiger partial charge < -0.3 is 15.2 Å². The number of fused-ring (bicyclic) bond motifs is 2. The highest BCUT2D eigenvalue weighted by Crippen LogP contribution is 2.36. The Balaban J connectivity index is 1.63. The number of hydrogen-bond donors (Lipinski definition) is 2. The molecule has 0 spiro atoms. The Morgan fingerprint density at radius 1 is 1.38 bits per heavy atom. The van der Waals surface area contributed by atoms with Gasteiger partial charge in [-0.3, -0.25) is 9.59 Å². The van der Waals surface area contributed by atoms with Crippen LogP contribution in [0.5, 0.6) is 0 Å². The van der Waals surface area contributed by atoms with E-state index in [2.05, 4.69) is 20.3 Å². The van der Waals surface area contributed by atoms with Crippen LogP contribution >= 0.6 is 22.9 Å². The summed E-state index contributed by atoms with van der Waals surface area (Å²) < 4.78 is 0. The number of benzene rings is 1. The Morgan fingerprint density at radius 2 is 2.19 bits per heavy atom. The van der Waals surface area contributed by atoms with Gasteiger partial charge in [0.2, 0.25) is 5.91 Å². The molecule has 0 aliphatic carbocycles. The zero-order chi connectivity index (χ0) is 18.4. The van der Waals surface area contributed by atoms with Crippen LogP contribution in [0.4, 0.5) is 5.13 Å². The summed E-state index contributed by atoms with van der Waals surface area (Å²) in [6.45, 7) is 3.95. The lowest BCUT2D eigenvalue weighted by Gasteiger charge is -2.31. The van der Waals surface area contributed by atoms with E-state index < -0.39 is 0 Å². The molecule has 1 atom stereocenters. The van der Waals surface area contributed by atoms with Gasteiger partial charge in [-0.05, 0) is 19.1 Å². The maximum atomic E-state index is 13.0. The van der Waals surface area contributed by atoms with Crippen molar-refractivity contribution in [2.75, 3.05) is 11.9 Å². The molecular formula is C17H16ClN5O2S. The zero-order valence-corrected chi connectivity index (χ0v) is 15.7. The number of aromatic amines is 1. The molecule has 0 fully saturated rings. The van der Waals surface area contributed by atoms with Gasteiger partial charge in [-0.2, -0.15) is 0 Å². The van der Waals surface area contributed by atoms with E-state index in [1.165, 1.54) is 18.3 Å². The van der Waals surface area contributed by atoms with Gasteiger partial charge >= 0.3 is 0 Å². The van der Waals surface area contributed by atoms with Crippen molar-refractivity contribution in [3.8, 4) is 0 Å². The largest absolute Gasteiger partial charge is 0.333 e. The van der Waals surface area contributed by atoms with Gasteiger partial charge in [0.05, 0.1) is 32.7 Å².